The van der Waals surface area contributed by atoms with Crippen LogP contribution in [0.15, 0.2) is 10.3 Å². The van der Waals surface area contributed by atoms with Crippen LogP contribution in [0.4, 0.5) is 11.9 Å². The lowest BCUT2D eigenvalue weighted by atomic mass is 10.5. The minimum Gasteiger partial charge on any atom is -0.354 e. The molecule has 2 rings (SSSR count). The standard InChI is InChI=1S/C10H17N9S/c1-5-6-11-7-12-8(18(2)3)14-9(13-7)20-10-15-16-17-19(10)4/h5-6H2,1-4H3,(H,11,12,13,14). The lowest BCUT2D eigenvalue weighted by Gasteiger charge is -2.12. The fraction of sp³-hybridized carbons (Fsp3) is 0.600. The lowest BCUT2D eigenvalue weighted by Crippen LogP contribution is -2.16. The fourth-order valence-corrected chi connectivity index (χ4v) is 1.97. The molecule has 10 heteroatoms. The van der Waals surface area contributed by atoms with Crippen molar-refractivity contribution in [1.82, 2.24) is 35.2 Å². The monoisotopic (exact) mass is 295 g/mol. The highest BCUT2D eigenvalue weighted by molar-refractivity contribution is 7.99. The van der Waals surface area contributed by atoms with Gasteiger partial charge in [-0.15, -0.1) is 5.10 Å². The average molecular weight is 295 g/mol. The van der Waals surface area contributed by atoms with Gasteiger partial charge < -0.3 is 10.2 Å². The van der Waals surface area contributed by atoms with Gasteiger partial charge in [0.1, 0.15) is 0 Å². The molecule has 0 aliphatic carbocycles. The van der Waals surface area contributed by atoms with Gasteiger partial charge in [0.2, 0.25) is 22.2 Å². The van der Waals surface area contributed by atoms with Gasteiger partial charge in [-0.25, -0.2) is 4.68 Å². The Kier molecular flexibility index (Phi) is 4.66. The Hall–Kier alpha value is -1.97. The first kappa shape index (κ1) is 14.4. The zero-order valence-electron chi connectivity index (χ0n) is 11.9. The van der Waals surface area contributed by atoms with Crippen molar-refractivity contribution in [3.8, 4) is 0 Å². The van der Waals surface area contributed by atoms with Crippen LogP contribution in [-0.2, 0) is 7.05 Å². The van der Waals surface area contributed by atoms with Crippen molar-refractivity contribution in [2.45, 2.75) is 23.7 Å². The molecule has 0 aromatic carbocycles. The van der Waals surface area contributed by atoms with Crippen LogP contribution in [0, 0.1) is 0 Å². The topological polar surface area (TPSA) is 97.5 Å². The highest BCUT2D eigenvalue weighted by Gasteiger charge is 2.12. The quantitative estimate of drug-likeness (QED) is 0.813. The van der Waals surface area contributed by atoms with Crippen LogP contribution in [0.3, 0.4) is 0 Å². The molecule has 108 valence electrons. The van der Waals surface area contributed by atoms with Gasteiger partial charge >= 0.3 is 0 Å². The molecular weight excluding hydrogens is 278 g/mol. The van der Waals surface area contributed by atoms with E-state index in [0.717, 1.165) is 13.0 Å². The van der Waals surface area contributed by atoms with Gasteiger partial charge in [-0.3, -0.25) is 0 Å². The Morgan fingerprint density at radius 2 is 2.05 bits per heavy atom. The smallest absolute Gasteiger partial charge is 0.230 e. The summed E-state index contributed by atoms with van der Waals surface area (Å²) in [5.41, 5.74) is 0. The second kappa shape index (κ2) is 6.46. The molecule has 0 fully saturated rings. The first-order valence-electron chi connectivity index (χ1n) is 6.17. The molecule has 2 aromatic rings. The number of nitrogens with one attached hydrogen (secondary N) is 1. The molecule has 2 aromatic heterocycles. The molecular formula is C10H17N9S. The van der Waals surface area contributed by atoms with Crippen molar-refractivity contribution in [3.05, 3.63) is 0 Å². The third kappa shape index (κ3) is 3.53. The van der Waals surface area contributed by atoms with Gasteiger partial charge in [0.15, 0.2) is 0 Å². The summed E-state index contributed by atoms with van der Waals surface area (Å²) >= 11 is 1.30. The van der Waals surface area contributed by atoms with Crippen LogP contribution in [0.5, 0.6) is 0 Å². The summed E-state index contributed by atoms with van der Waals surface area (Å²) in [6.45, 7) is 2.90. The summed E-state index contributed by atoms with van der Waals surface area (Å²) in [6.07, 6.45) is 0.999. The van der Waals surface area contributed by atoms with Crippen molar-refractivity contribution in [2.24, 2.45) is 7.05 Å². The Morgan fingerprint density at radius 3 is 2.65 bits per heavy atom. The summed E-state index contributed by atoms with van der Waals surface area (Å²) < 4.78 is 1.57. The summed E-state index contributed by atoms with van der Waals surface area (Å²) in [5, 5.41) is 15.6. The number of aromatic nitrogens is 7. The number of aryl methyl sites for hydroxylation is 1. The van der Waals surface area contributed by atoms with E-state index in [-0.39, 0.29) is 0 Å². The van der Waals surface area contributed by atoms with Crippen LogP contribution in [0.2, 0.25) is 0 Å². The predicted octanol–water partition coefficient (Wildman–Crippen LogP) is 0.434. The molecule has 0 amide bonds. The van der Waals surface area contributed by atoms with Crippen LogP contribution in [0.1, 0.15) is 13.3 Å². The van der Waals surface area contributed by atoms with E-state index in [9.17, 15) is 0 Å². The van der Waals surface area contributed by atoms with Crippen molar-refractivity contribution in [2.75, 3.05) is 30.9 Å². The zero-order chi connectivity index (χ0) is 14.5. The molecule has 9 nitrogen and oxygen atoms in total. The highest BCUT2D eigenvalue weighted by Crippen LogP contribution is 2.23. The SMILES string of the molecule is CCCNc1nc(Sc2nnnn2C)nc(N(C)C)n1. The minimum atomic E-state index is 0.556. The Balaban J connectivity index is 2.26. The minimum absolute atomic E-state index is 0.556. The van der Waals surface area contributed by atoms with Crippen molar-refractivity contribution < 1.29 is 0 Å². The van der Waals surface area contributed by atoms with E-state index >= 15 is 0 Å². The van der Waals surface area contributed by atoms with Gasteiger partial charge in [0.25, 0.3) is 0 Å². The molecule has 0 radical (unpaired) electrons. The van der Waals surface area contributed by atoms with Crippen LogP contribution >= 0.6 is 11.8 Å². The van der Waals surface area contributed by atoms with Gasteiger partial charge in [-0.1, -0.05) is 6.92 Å². The number of hydrogen-bond acceptors (Lipinski definition) is 9. The molecule has 0 unspecified atom stereocenters. The normalized spacial score (nSPS) is 10.6. The number of anilines is 2. The molecule has 20 heavy (non-hydrogen) atoms. The molecule has 0 bridgehead atoms. The molecule has 2 heterocycles. The zero-order valence-corrected chi connectivity index (χ0v) is 12.7. The van der Waals surface area contributed by atoms with Crippen LogP contribution < -0.4 is 10.2 Å². The Labute approximate surface area is 121 Å². The summed E-state index contributed by atoms with van der Waals surface area (Å²) in [6, 6.07) is 0. The number of tetrazole rings is 1. The van der Waals surface area contributed by atoms with E-state index in [2.05, 4.69) is 42.7 Å². The van der Waals surface area contributed by atoms with Crippen LogP contribution in [0.25, 0.3) is 0 Å². The van der Waals surface area contributed by atoms with Crippen molar-refractivity contribution >= 4 is 23.7 Å². The fourth-order valence-electron chi connectivity index (χ4n) is 1.30. The number of nitrogens with zero attached hydrogens (tertiary/aromatic N) is 8. The second-order valence-corrected chi connectivity index (χ2v) is 5.18. The average Bonchev–Trinajstić information content (AvgIpc) is 2.81. The molecule has 0 spiro atoms. The Bertz CT molecular complexity index is 568. The largest absolute Gasteiger partial charge is 0.354 e. The first-order chi connectivity index (χ1) is 9.60. The van der Waals surface area contributed by atoms with E-state index in [4.69, 9.17) is 0 Å². The van der Waals surface area contributed by atoms with Gasteiger partial charge in [-0.05, 0) is 28.6 Å². The molecule has 0 aliphatic rings. The molecule has 0 saturated heterocycles. The molecule has 0 aliphatic heterocycles. The maximum absolute atomic E-state index is 4.37. The highest BCUT2D eigenvalue weighted by atomic mass is 32.2. The predicted molar refractivity (Wildman–Crippen MR) is 75.9 cm³/mol. The summed E-state index contributed by atoms with van der Waals surface area (Å²) in [5.74, 6) is 1.15. The lowest BCUT2D eigenvalue weighted by molar-refractivity contribution is 0.663. The van der Waals surface area contributed by atoms with E-state index in [1.54, 1.807) is 11.7 Å². The van der Waals surface area contributed by atoms with Crippen molar-refractivity contribution in [1.29, 1.82) is 0 Å². The Morgan fingerprint density at radius 1 is 1.25 bits per heavy atom. The van der Waals surface area contributed by atoms with Gasteiger partial charge in [0, 0.05) is 27.7 Å². The molecule has 0 atom stereocenters. The molecule has 1 N–H and O–H groups in total. The van der Waals surface area contributed by atoms with E-state index in [0.29, 0.717) is 22.2 Å². The van der Waals surface area contributed by atoms with Crippen molar-refractivity contribution in [3.63, 3.8) is 0 Å². The van der Waals surface area contributed by atoms with Crippen LogP contribution in [-0.4, -0.2) is 55.8 Å². The van der Waals surface area contributed by atoms with E-state index in [1.165, 1.54) is 11.8 Å². The number of hydrogen-bond donors (Lipinski definition) is 1. The maximum Gasteiger partial charge on any atom is 0.230 e. The summed E-state index contributed by atoms with van der Waals surface area (Å²) in [7, 11) is 5.54. The van der Waals surface area contributed by atoms with E-state index < -0.39 is 0 Å². The summed E-state index contributed by atoms with van der Waals surface area (Å²) in [4.78, 5) is 14.9. The second-order valence-electron chi connectivity index (χ2n) is 4.25. The number of rotatable bonds is 6. The first-order valence-corrected chi connectivity index (χ1v) is 6.99. The van der Waals surface area contributed by atoms with E-state index in [1.807, 2.05) is 19.0 Å². The third-order valence-corrected chi connectivity index (χ3v) is 3.19. The van der Waals surface area contributed by atoms with Gasteiger partial charge in [0.05, 0.1) is 0 Å². The third-order valence-electron chi connectivity index (χ3n) is 2.30. The molecule has 0 saturated carbocycles. The van der Waals surface area contributed by atoms with Gasteiger partial charge in [-0.2, -0.15) is 15.0 Å². The maximum atomic E-state index is 4.37.